The molecule has 3 rings (SSSR count). The molecule has 0 spiro atoms. The number of nitrogen functional groups attached to an aromatic ring is 1. The second kappa shape index (κ2) is 6.19. The molecule has 3 aromatic rings. The molecule has 0 unspecified atom stereocenters. The third-order valence-corrected chi connectivity index (χ3v) is 3.02. The first-order valence-corrected chi connectivity index (χ1v) is 6.91. The van der Waals surface area contributed by atoms with E-state index in [9.17, 15) is 4.79 Å². The molecule has 3 aromatic heterocycles. The van der Waals surface area contributed by atoms with Crippen LogP contribution in [-0.4, -0.2) is 31.0 Å². The van der Waals surface area contributed by atoms with E-state index in [1.165, 1.54) is 0 Å². The lowest BCUT2D eigenvalue weighted by Crippen LogP contribution is -1.97. The summed E-state index contributed by atoms with van der Waals surface area (Å²) in [4.78, 5) is 26.1. The van der Waals surface area contributed by atoms with Crippen LogP contribution in [0.2, 0.25) is 0 Å². The molecule has 0 fully saturated rings. The van der Waals surface area contributed by atoms with Gasteiger partial charge in [-0.2, -0.15) is 0 Å². The fraction of sp³-hybridized carbons (Fsp3) is 0.200. The van der Waals surface area contributed by atoms with Crippen LogP contribution in [0.4, 0.5) is 5.82 Å². The van der Waals surface area contributed by atoms with Crippen molar-refractivity contribution in [2.24, 2.45) is 0 Å². The van der Waals surface area contributed by atoms with Gasteiger partial charge < -0.3 is 20.2 Å². The van der Waals surface area contributed by atoms with Crippen molar-refractivity contribution in [1.29, 1.82) is 0 Å². The molecule has 0 aliphatic rings. The Hall–Kier alpha value is -3.34. The first-order chi connectivity index (χ1) is 11.1. The summed E-state index contributed by atoms with van der Waals surface area (Å²) < 4.78 is 5.27. The molecule has 0 aliphatic heterocycles. The summed E-state index contributed by atoms with van der Waals surface area (Å²) in [6.07, 6.45) is 2.57. The van der Waals surface area contributed by atoms with E-state index in [0.29, 0.717) is 35.6 Å². The number of carboxylic acid groups (broad SMARTS) is 1. The number of nitrogens with one attached hydrogen (secondary N) is 1. The summed E-state index contributed by atoms with van der Waals surface area (Å²) in [7, 11) is 0. The Bertz CT molecular complexity index is 902. The number of nitrogens with two attached hydrogens (primary N) is 1. The average Bonchev–Trinajstić information content (AvgIpc) is 3.15. The highest BCUT2D eigenvalue weighted by atomic mass is 16.4. The summed E-state index contributed by atoms with van der Waals surface area (Å²) in [5, 5.41) is 8.56. The minimum Gasteiger partial charge on any atom is -0.481 e. The number of anilines is 1. The number of aromatic amines is 1. The van der Waals surface area contributed by atoms with Crippen LogP contribution in [0.15, 0.2) is 22.8 Å². The largest absolute Gasteiger partial charge is 0.481 e. The van der Waals surface area contributed by atoms with E-state index < -0.39 is 5.97 Å². The van der Waals surface area contributed by atoms with Crippen molar-refractivity contribution in [3.8, 4) is 23.4 Å². The molecule has 0 saturated carbocycles. The van der Waals surface area contributed by atoms with Crippen molar-refractivity contribution >= 4 is 23.0 Å². The van der Waals surface area contributed by atoms with Crippen molar-refractivity contribution in [2.75, 3.05) is 5.73 Å². The summed E-state index contributed by atoms with van der Waals surface area (Å²) in [5.41, 5.74) is 6.81. The van der Waals surface area contributed by atoms with E-state index in [-0.39, 0.29) is 18.1 Å². The van der Waals surface area contributed by atoms with Gasteiger partial charge in [0.1, 0.15) is 0 Å². The number of hydrogen-bond donors (Lipinski definition) is 3. The van der Waals surface area contributed by atoms with Crippen LogP contribution in [0.5, 0.6) is 0 Å². The van der Waals surface area contributed by atoms with Crippen molar-refractivity contribution in [3.05, 3.63) is 24.2 Å². The predicted octanol–water partition coefficient (Wildman–Crippen LogP) is 1.80. The number of aromatic nitrogens is 4. The number of hydrogen-bond acceptors (Lipinski definition) is 6. The molecular weight excluding hydrogens is 298 g/mol. The highest BCUT2D eigenvalue weighted by Crippen LogP contribution is 2.22. The molecule has 0 atom stereocenters. The Morgan fingerprint density at radius 3 is 3.00 bits per heavy atom. The van der Waals surface area contributed by atoms with Gasteiger partial charge in [0, 0.05) is 12.8 Å². The molecule has 23 heavy (non-hydrogen) atoms. The zero-order chi connectivity index (χ0) is 16.2. The summed E-state index contributed by atoms with van der Waals surface area (Å²) in [6, 6.07) is 3.52. The van der Waals surface area contributed by atoms with Gasteiger partial charge in [0.2, 0.25) is 5.82 Å². The van der Waals surface area contributed by atoms with Gasteiger partial charge in [-0.25, -0.2) is 15.0 Å². The summed E-state index contributed by atoms with van der Waals surface area (Å²) >= 11 is 0. The number of imidazole rings is 1. The maximum atomic E-state index is 10.4. The smallest absolute Gasteiger partial charge is 0.303 e. The SMILES string of the molecule is Nc1nc(C#CCCCC(=O)O)nc2[nH]c(-c3ccco3)nc12. The molecule has 0 aliphatic carbocycles. The molecule has 3 heterocycles. The van der Waals surface area contributed by atoms with Crippen LogP contribution in [0.25, 0.3) is 22.7 Å². The molecule has 116 valence electrons. The monoisotopic (exact) mass is 311 g/mol. The Morgan fingerprint density at radius 1 is 1.39 bits per heavy atom. The molecule has 0 radical (unpaired) electrons. The van der Waals surface area contributed by atoms with Gasteiger partial charge in [-0.15, -0.1) is 0 Å². The zero-order valence-corrected chi connectivity index (χ0v) is 12.0. The van der Waals surface area contributed by atoms with Gasteiger partial charge in [0.25, 0.3) is 0 Å². The van der Waals surface area contributed by atoms with Gasteiger partial charge in [-0.3, -0.25) is 4.79 Å². The highest BCUT2D eigenvalue weighted by molar-refractivity contribution is 5.84. The number of unbranched alkanes of at least 4 members (excludes halogenated alkanes) is 1. The lowest BCUT2D eigenvalue weighted by atomic mass is 10.2. The second-order valence-corrected chi connectivity index (χ2v) is 4.74. The fourth-order valence-corrected chi connectivity index (χ4v) is 1.98. The van der Waals surface area contributed by atoms with Crippen LogP contribution in [0, 0.1) is 11.8 Å². The lowest BCUT2D eigenvalue weighted by molar-refractivity contribution is -0.137. The molecule has 0 bridgehead atoms. The quantitative estimate of drug-likeness (QED) is 0.494. The van der Waals surface area contributed by atoms with Crippen LogP contribution >= 0.6 is 0 Å². The van der Waals surface area contributed by atoms with Gasteiger partial charge >= 0.3 is 5.97 Å². The van der Waals surface area contributed by atoms with Gasteiger partial charge in [-0.1, -0.05) is 5.92 Å². The number of rotatable bonds is 4. The van der Waals surface area contributed by atoms with Crippen molar-refractivity contribution in [3.63, 3.8) is 0 Å². The predicted molar refractivity (Wildman–Crippen MR) is 82.2 cm³/mol. The highest BCUT2D eigenvalue weighted by Gasteiger charge is 2.12. The van der Waals surface area contributed by atoms with Crippen LogP contribution in [0.3, 0.4) is 0 Å². The van der Waals surface area contributed by atoms with E-state index in [1.54, 1.807) is 18.4 Å². The third kappa shape index (κ3) is 3.29. The van der Waals surface area contributed by atoms with E-state index >= 15 is 0 Å². The third-order valence-electron chi connectivity index (χ3n) is 3.02. The maximum absolute atomic E-state index is 10.4. The molecule has 8 nitrogen and oxygen atoms in total. The lowest BCUT2D eigenvalue weighted by Gasteiger charge is -1.94. The summed E-state index contributed by atoms with van der Waals surface area (Å²) in [6.45, 7) is 0. The molecule has 0 amide bonds. The number of aliphatic carboxylic acids is 1. The fourth-order valence-electron chi connectivity index (χ4n) is 1.98. The topological polar surface area (TPSA) is 131 Å². The number of carboxylic acids is 1. The Balaban J connectivity index is 1.83. The van der Waals surface area contributed by atoms with Crippen LogP contribution < -0.4 is 5.73 Å². The van der Waals surface area contributed by atoms with Crippen LogP contribution in [0.1, 0.15) is 25.1 Å². The number of carbonyl (C=O) groups is 1. The van der Waals surface area contributed by atoms with Crippen molar-refractivity contribution in [2.45, 2.75) is 19.3 Å². The Morgan fingerprint density at radius 2 is 2.26 bits per heavy atom. The van der Waals surface area contributed by atoms with E-state index in [1.807, 2.05) is 0 Å². The first kappa shape index (κ1) is 14.6. The van der Waals surface area contributed by atoms with Crippen molar-refractivity contribution in [1.82, 2.24) is 19.9 Å². The van der Waals surface area contributed by atoms with Gasteiger partial charge in [0.05, 0.1) is 6.26 Å². The molecule has 0 aromatic carbocycles. The maximum Gasteiger partial charge on any atom is 0.303 e. The average molecular weight is 311 g/mol. The minimum absolute atomic E-state index is 0.0871. The Kier molecular flexibility index (Phi) is 3.93. The number of furan rings is 1. The molecule has 0 saturated heterocycles. The van der Waals surface area contributed by atoms with E-state index in [2.05, 4.69) is 31.8 Å². The number of fused-ring (bicyclic) bond motifs is 1. The standard InChI is InChI=1S/C15H13N5O3/c16-13-12-15(20-14(19-12)9-5-4-8-23-9)18-10(17-13)6-2-1-3-7-11(21)22/h4-5,8H,1,3,7H2,(H,21,22)(H3,16,17,18,19,20). The van der Waals surface area contributed by atoms with Crippen LogP contribution in [-0.2, 0) is 4.79 Å². The molecule has 8 heteroatoms. The Labute approximate surface area is 130 Å². The van der Waals surface area contributed by atoms with E-state index in [0.717, 1.165) is 0 Å². The molecular formula is C15H13N5O3. The normalized spacial score (nSPS) is 10.4. The minimum atomic E-state index is -0.836. The van der Waals surface area contributed by atoms with E-state index in [4.69, 9.17) is 15.3 Å². The zero-order valence-electron chi connectivity index (χ0n) is 12.0. The van der Waals surface area contributed by atoms with Crippen molar-refractivity contribution < 1.29 is 14.3 Å². The van der Waals surface area contributed by atoms with Gasteiger partial charge in [-0.05, 0) is 24.5 Å². The van der Waals surface area contributed by atoms with Gasteiger partial charge in [0.15, 0.2) is 28.6 Å². The number of H-pyrrole nitrogens is 1. The first-order valence-electron chi connectivity index (χ1n) is 6.91. The second-order valence-electron chi connectivity index (χ2n) is 4.74. The number of nitrogens with zero attached hydrogens (tertiary/aromatic N) is 3. The molecule has 4 N–H and O–H groups in total. The summed E-state index contributed by atoms with van der Waals surface area (Å²) in [5.74, 6) is 6.35.